The van der Waals surface area contributed by atoms with Crippen LogP contribution in [0.25, 0.3) is 0 Å². The summed E-state index contributed by atoms with van der Waals surface area (Å²) in [6, 6.07) is 3.12. The van der Waals surface area contributed by atoms with Crippen molar-refractivity contribution in [2.75, 3.05) is 11.1 Å². The minimum atomic E-state index is -0.751. The first-order valence-electron chi connectivity index (χ1n) is 6.08. The zero-order valence-corrected chi connectivity index (χ0v) is 11.2. The highest BCUT2D eigenvalue weighted by molar-refractivity contribution is 5.94. The molecule has 0 saturated heterocycles. The molecule has 2 aromatic rings. The van der Waals surface area contributed by atoms with Crippen LogP contribution in [0, 0.1) is 5.82 Å². The number of nitrogens with zero attached hydrogens (tertiary/aromatic N) is 2. The normalized spacial score (nSPS) is 11.9. The molecule has 7 nitrogen and oxygen atoms in total. The Labute approximate surface area is 119 Å². The van der Waals surface area contributed by atoms with Crippen molar-refractivity contribution in [2.45, 2.75) is 13.0 Å². The fourth-order valence-corrected chi connectivity index (χ4v) is 1.67. The van der Waals surface area contributed by atoms with E-state index < -0.39 is 23.7 Å². The molecule has 110 valence electrons. The predicted octanol–water partition coefficient (Wildman–Crippen LogP) is 0.903. The summed E-state index contributed by atoms with van der Waals surface area (Å²) in [6.07, 6.45) is 2.61. The molecule has 0 fully saturated rings. The van der Waals surface area contributed by atoms with Crippen LogP contribution in [-0.4, -0.2) is 21.6 Å². The largest absolute Gasteiger partial charge is 0.399 e. The van der Waals surface area contributed by atoms with Gasteiger partial charge < -0.3 is 16.8 Å². The summed E-state index contributed by atoms with van der Waals surface area (Å²) in [6.45, 7) is 1.55. The summed E-state index contributed by atoms with van der Waals surface area (Å²) in [5.41, 5.74) is 11.1. The van der Waals surface area contributed by atoms with Gasteiger partial charge in [-0.1, -0.05) is 0 Å². The van der Waals surface area contributed by atoms with E-state index in [0.29, 0.717) is 5.69 Å². The second kappa shape index (κ2) is 5.61. The number of carbonyl (C=O) groups excluding carboxylic acids is 2. The van der Waals surface area contributed by atoms with Gasteiger partial charge in [-0.3, -0.25) is 14.3 Å². The molecule has 0 spiro atoms. The summed E-state index contributed by atoms with van der Waals surface area (Å²) in [7, 11) is 0. The van der Waals surface area contributed by atoms with Gasteiger partial charge in [0.1, 0.15) is 11.9 Å². The maximum Gasteiger partial charge on any atom is 0.251 e. The number of nitrogens with two attached hydrogens (primary N) is 2. The Hall–Kier alpha value is -2.90. The number of benzene rings is 1. The molecule has 0 aliphatic carbocycles. The van der Waals surface area contributed by atoms with E-state index in [9.17, 15) is 14.0 Å². The van der Waals surface area contributed by atoms with E-state index in [1.807, 2.05) is 0 Å². The SMILES string of the molecule is CC(C(=O)Nc1cc(N)ccc1F)n1cc(C(N)=O)cn1. The maximum absolute atomic E-state index is 13.6. The third-order valence-corrected chi connectivity index (χ3v) is 2.91. The molecule has 2 amide bonds. The Morgan fingerprint density at radius 3 is 2.76 bits per heavy atom. The van der Waals surface area contributed by atoms with Gasteiger partial charge in [-0.25, -0.2) is 4.39 Å². The lowest BCUT2D eigenvalue weighted by Crippen LogP contribution is -2.24. The second-order valence-electron chi connectivity index (χ2n) is 4.48. The number of primary amides is 1. The van der Waals surface area contributed by atoms with Gasteiger partial charge >= 0.3 is 0 Å². The summed E-state index contributed by atoms with van der Waals surface area (Å²) >= 11 is 0. The molecule has 0 aliphatic heterocycles. The topological polar surface area (TPSA) is 116 Å². The fraction of sp³-hybridized carbons (Fsp3) is 0.154. The van der Waals surface area contributed by atoms with Crippen LogP contribution in [0.1, 0.15) is 23.3 Å². The standard InChI is InChI=1S/C13H14FN5O2/c1-7(19-6-8(5-17-19)12(16)20)13(21)18-11-4-9(15)2-3-10(11)14/h2-7H,15H2,1H3,(H2,16,20)(H,18,21). The third kappa shape index (κ3) is 3.16. The monoisotopic (exact) mass is 291 g/mol. The number of rotatable bonds is 4. The van der Waals surface area contributed by atoms with Crippen LogP contribution in [0.5, 0.6) is 0 Å². The summed E-state index contributed by atoms with van der Waals surface area (Å²) in [5, 5.41) is 6.29. The number of nitrogen functional groups attached to an aromatic ring is 1. The van der Waals surface area contributed by atoms with Crippen molar-refractivity contribution < 1.29 is 14.0 Å². The molecule has 0 bridgehead atoms. The molecule has 1 aromatic heterocycles. The first-order valence-corrected chi connectivity index (χ1v) is 6.08. The molecular formula is C13H14FN5O2. The molecule has 5 N–H and O–H groups in total. The predicted molar refractivity (Wildman–Crippen MR) is 74.9 cm³/mol. The van der Waals surface area contributed by atoms with E-state index in [1.165, 1.54) is 29.2 Å². The number of halogens is 1. The van der Waals surface area contributed by atoms with Crippen molar-refractivity contribution >= 4 is 23.2 Å². The first-order chi connectivity index (χ1) is 9.88. The van der Waals surface area contributed by atoms with Crippen LogP contribution in [0.15, 0.2) is 30.6 Å². The van der Waals surface area contributed by atoms with E-state index in [4.69, 9.17) is 11.5 Å². The molecule has 0 aliphatic rings. The Kier molecular flexibility index (Phi) is 3.88. The van der Waals surface area contributed by atoms with Crippen LogP contribution in [-0.2, 0) is 4.79 Å². The first kappa shape index (κ1) is 14.5. The quantitative estimate of drug-likeness (QED) is 0.726. The molecule has 1 atom stereocenters. The highest BCUT2D eigenvalue weighted by Gasteiger charge is 2.18. The van der Waals surface area contributed by atoms with Crippen LogP contribution < -0.4 is 16.8 Å². The smallest absolute Gasteiger partial charge is 0.251 e. The van der Waals surface area contributed by atoms with Crippen molar-refractivity contribution in [2.24, 2.45) is 5.73 Å². The number of amides is 2. The van der Waals surface area contributed by atoms with E-state index in [2.05, 4.69) is 10.4 Å². The molecule has 0 saturated carbocycles. The van der Waals surface area contributed by atoms with Gasteiger partial charge in [-0.15, -0.1) is 0 Å². The number of carbonyl (C=O) groups is 2. The molecule has 0 radical (unpaired) electrons. The van der Waals surface area contributed by atoms with Gasteiger partial charge in [0.15, 0.2) is 0 Å². The lowest BCUT2D eigenvalue weighted by molar-refractivity contribution is -0.119. The molecule has 1 heterocycles. The molecule has 1 unspecified atom stereocenters. The van der Waals surface area contributed by atoms with Gasteiger partial charge in [0, 0.05) is 11.9 Å². The van der Waals surface area contributed by atoms with Crippen LogP contribution >= 0.6 is 0 Å². The number of hydrogen-bond donors (Lipinski definition) is 3. The summed E-state index contributed by atoms with van der Waals surface area (Å²) in [4.78, 5) is 23.0. The van der Waals surface area contributed by atoms with Crippen molar-refractivity contribution in [1.29, 1.82) is 0 Å². The highest BCUT2D eigenvalue weighted by Crippen LogP contribution is 2.19. The van der Waals surface area contributed by atoms with Gasteiger partial charge in [0.25, 0.3) is 5.91 Å². The fourth-order valence-electron chi connectivity index (χ4n) is 1.67. The van der Waals surface area contributed by atoms with Crippen molar-refractivity contribution in [3.05, 3.63) is 42.0 Å². The number of anilines is 2. The van der Waals surface area contributed by atoms with E-state index in [0.717, 1.165) is 6.07 Å². The lowest BCUT2D eigenvalue weighted by Gasteiger charge is -2.13. The van der Waals surface area contributed by atoms with E-state index in [1.54, 1.807) is 6.92 Å². The van der Waals surface area contributed by atoms with Crippen molar-refractivity contribution in [1.82, 2.24) is 9.78 Å². The van der Waals surface area contributed by atoms with Crippen molar-refractivity contribution in [3.63, 3.8) is 0 Å². The molecular weight excluding hydrogens is 277 g/mol. The third-order valence-electron chi connectivity index (χ3n) is 2.91. The lowest BCUT2D eigenvalue weighted by atomic mass is 10.2. The summed E-state index contributed by atoms with van der Waals surface area (Å²) in [5.74, 6) is -1.74. The molecule has 21 heavy (non-hydrogen) atoms. The Balaban J connectivity index is 2.15. The van der Waals surface area contributed by atoms with Crippen LogP contribution in [0.4, 0.5) is 15.8 Å². The minimum Gasteiger partial charge on any atom is -0.399 e. The zero-order valence-electron chi connectivity index (χ0n) is 11.2. The second-order valence-corrected chi connectivity index (χ2v) is 4.48. The number of nitrogens with one attached hydrogen (secondary N) is 1. The van der Waals surface area contributed by atoms with Crippen LogP contribution in [0.3, 0.4) is 0 Å². The van der Waals surface area contributed by atoms with Crippen LogP contribution in [0.2, 0.25) is 0 Å². The Morgan fingerprint density at radius 2 is 2.14 bits per heavy atom. The zero-order chi connectivity index (χ0) is 15.6. The average Bonchev–Trinajstić information content (AvgIpc) is 2.91. The van der Waals surface area contributed by atoms with Crippen molar-refractivity contribution in [3.8, 4) is 0 Å². The minimum absolute atomic E-state index is 0.0193. The maximum atomic E-state index is 13.6. The van der Waals surface area contributed by atoms with E-state index in [-0.39, 0.29) is 11.3 Å². The summed E-state index contributed by atoms with van der Waals surface area (Å²) < 4.78 is 14.8. The van der Waals surface area contributed by atoms with Gasteiger partial charge in [0.05, 0.1) is 17.4 Å². The van der Waals surface area contributed by atoms with E-state index >= 15 is 0 Å². The average molecular weight is 291 g/mol. The Morgan fingerprint density at radius 1 is 1.43 bits per heavy atom. The molecule has 2 rings (SSSR count). The Bertz CT molecular complexity index is 698. The molecule has 8 heteroatoms. The molecule has 1 aromatic carbocycles. The van der Waals surface area contributed by atoms with Gasteiger partial charge in [-0.2, -0.15) is 5.10 Å². The highest BCUT2D eigenvalue weighted by atomic mass is 19.1. The number of aromatic nitrogens is 2. The van der Waals surface area contributed by atoms with Gasteiger partial charge in [0.2, 0.25) is 5.91 Å². The van der Waals surface area contributed by atoms with Gasteiger partial charge in [-0.05, 0) is 25.1 Å². The number of hydrogen-bond acceptors (Lipinski definition) is 4.